The van der Waals surface area contributed by atoms with Gasteiger partial charge in [-0.1, -0.05) is 99.8 Å². The molecule has 0 saturated carbocycles. The van der Waals surface area contributed by atoms with Crippen LogP contribution in [-0.2, 0) is 13.3 Å². The Balaban J connectivity index is -0.000000125. The molecule has 6 N–H and O–H groups in total. The van der Waals surface area contributed by atoms with E-state index in [-0.39, 0.29) is 0 Å². The SMILES string of the molecule is CCC.CCCCCC.CCCCO[SiH](OCCCC)OCCCC.NC(O)=S.NC(O)=S. The van der Waals surface area contributed by atoms with E-state index in [4.69, 9.17) is 23.5 Å². The molecular formula is C23H56N2O5S2Si. The van der Waals surface area contributed by atoms with E-state index in [1.165, 1.54) is 32.1 Å². The molecule has 0 aromatic carbocycles. The maximum Gasteiger partial charge on any atom is 0.484 e. The van der Waals surface area contributed by atoms with E-state index in [0.717, 1.165) is 58.3 Å². The summed E-state index contributed by atoms with van der Waals surface area (Å²) in [5.74, 6) is 0. The van der Waals surface area contributed by atoms with Crippen molar-refractivity contribution in [3.8, 4) is 0 Å². The van der Waals surface area contributed by atoms with E-state index in [1.54, 1.807) is 0 Å². The van der Waals surface area contributed by atoms with Crippen LogP contribution in [0.15, 0.2) is 0 Å². The largest absolute Gasteiger partial charge is 0.487 e. The molecule has 7 nitrogen and oxygen atoms in total. The van der Waals surface area contributed by atoms with Gasteiger partial charge in [0.25, 0.3) is 10.3 Å². The third kappa shape index (κ3) is 89.5. The fourth-order valence-electron chi connectivity index (χ4n) is 1.62. The molecule has 0 rings (SSSR count). The van der Waals surface area contributed by atoms with Crippen molar-refractivity contribution in [2.75, 3.05) is 19.8 Å². The second-order valence-electron chi connectivity index (χ2n) is 7.05. The molecule has 0 fully saturated rings. The zero-order chi connectivity index (χ0) is 26.8. The standard InChI is InChI=1S/C12H28O3Si.C6H14.C3H8.2CH3NOS/c1-4-7-10-13-16(14-11-8-5-2)15-12-9-6-3;1-3-5-6-4-2;1-3-2;2*2-1(3)4/h16H,4-12H2,1-3H3;3-6H2,1-2H3;3H2,1-2H3;2*(H3,2,3,4). The van der Waals surface area contributed by atoms with Crippen LogP contribution in [0, 0.1) is 0 Å². The highest BCUT2D eigenvalue weighted by molar-refractivity contribution is 7.80. The fourth-order valence-corrected chi connectivity index (χ4v) is 2.98. The topological polar surface area (TPSA) is 120 Å². The van der Waals surface area contributed by atoms with E-state index >= 15 is 0 Å². The molecule has 0 radical (unpaired) electrons. The van der Waals surface area contributed by atoms with Crippen molar-refractivity contribution in [3.63, 3.8) is 0 Å². The van der Waals surface area contributed by atoms with Gasteiger partial charge in [0, 0.05) is 19.8 Å². The molecule has 0 saturated heterocycles. The number of unbranched alkanes of at least 4 members (excludes halogenated alkanes) is 6. The molecule has 0 aliphatic carbocycles. The summed E-state index contributed by atoms with van der Waals surface area (Å²) in [6, 6.07) is 0. The summed E-state index contributed by atoms with van der Waals surface area (Å²) in [6.07, 6.45) is 13.5. The van der Waals surface area contributed by atoms with Crippen molar-refractivity contribution in [1.29, 1.82) is 0 Å². The van der Waals surface area contributed by atoms with Crippen molar-refractivity contribution in [2.45, 2.75) is 119 Å². The normalized spacial score (nSPS) is 9.09. The predicted octanol–water partition coefficient (Wildman–Crippen LogP) is 6.73. The number of hydrogen-bond donors (Lipinski definition) is 4. The molecule has 0 atom stereocenters. The first-order valence-corrected chi connectivity index (χ1v) is 14.7. The third-order valence-electron chi connectivity index (χ3n) is 3.21. The number of hydrogen-bond acceptors (Lipinski definition) is 5. The van der Waals surface area contributed by atoms with Gasteiger partial charge in [-0.15, -0.1) is 0 Å². The summed E-state index contributed by atoms with van der Waals surface area (Å²) in [6.45, 7) is 17.6. The Labute approximate surface area is 217 Å². The van der Waals surface area contributed by atoms with Crippen LogP contribution in [0.1, 0.15) is 119 Å². The lowest BCUT2D eigenvalue weighted by atomic mass is 10.2. The summed E-state index contributed by atoms with van der Waals surface area (Å²) < 4.78 is 17.0. The van der Waals surface area contributed by atoms with Crippen molar-refractivity contribution < 1.29 is 23.5 Å². The van der Waals surface area contributed by atoms with Crippen LogP contribution >= 0.6 is 24.4 Å². The lowest BCUT2D eigenvalue weighted by Crippen LogP contribution is -2.28. The van der Waals surface area contributed by atoms with Gasteiger partial charge < -0.3 is 35.0 Å². The van der Waals surface area contributed by atoms with Crippen LogP contribution < -0.4 is 11.5 Å². The van der Waals surface area contributed by atoms with Crippen LogP contribution in [0.3, 0.4) is 0 Å². The van der Waals surface area contributed by atoms with Crippen molar-refractivity contribution >= 4 is 44.3 Å². The molecule has 0 aromatic heterocycles. The highest BCUT2D eigenvalue weighted by Crippen LogP contribution is 2.00. The summed E-state index contributed by atoms with van der Waals surface area (Å²) in [5.41, 5.74) is 8.80. The Kier molecular flexibility index (Phi) is 58.2. The predicted molar refractivity (Wildman–Crippen MR) is 154 cm³/mol. The molecule has 33 heavy (non-hydrogen) atoms. The number of aliphatic hydroxyl groups excluding tert-OH is 2. The van der Waals surface area contributed by atoms with Gasteiger partial charge in [-0.2, -0.15) is 0 Å². The number of nitrogens with two attached hydrogens (primary N) is 2. The van der Waals surface area contributed by atoms with E-state index in [2.05, 4.69) is 84.4 Å². The van der Waals surface area contributed by atoms with Crippen LogP contribution in [0.5, 0.6) is 0 Å². The maximum absolute atomic E-state index is 7.56. The fraction of sp³-hybridized carbons (Fsp3) is 0.913. The second kappa shape index (κ2) is 45.0. The van der Waals surface area contributed by atoms with Crippen molar-refractivity contribution in [2.24, 2.45) is 11.5 Å². The Morgan fingerprint density at radius 3 is 0.909 bits per heavy atom. The van der Waals surface area contributed by atoms with Crippen molar-refractivity contribution in [1.82, 2.24) is 0 Å². The average molecular weight is 533 g/mol. The van der Waals surface area contributed by atoms with Gasteiger partial charge in [-0.3, -0.25) is 0 Å². The minimum Gasteiger partial charge on any atom is -0.487 e. The maximum atomic E-state index is 7.56. The van der Waals surface area contributed by atoms with E-state index < -0.39 is 19.9 Å². The highest BCUT2D eigenvalue weighted by atomic mass is 32.1. The molecule has 0 aromatic rings. The molecule has 0 heterocycles. The molecule has 0 spiro atoms. The summed E-state index contributed by atoms with van der Waals surface area (Å²) in [7, 11) is -1.83. The lowest BCUT2D eigenvalue weighted by molar-refractivity contribution is 0.0899. The number of thiocarbonyl (C=S) groups is 2. The Morgan fingerprint density at radius 2 is 0.758 bits per heavy atom. The van der Waals surface area contributed by atoms with Crippen LogP contribution in [0.4, 0.5) is 0 Å². The van der Waals surface area contributed by atoms with E-state index in [1.807, 2.05) is 0 Å². The summed E-state index contributed by atoms with van der Waals surface area (Å²) in [5, 5.41) is 14.1. The van der Waals surface area contributed by atoms with Crippen molar-refractivity contribution in [3.05, 3.63) is 0 Å². The molecular weight excluding hydrogens is 476 g/mol. The quantitative estimate of drug-likeness (QED) is 0.103. The average Bonchev–Trinajstić information content (AvgIpc) is 2.72. The second-order valence-corrected chi connectivity index (χ2v) is 9.47. The smallest absolute Gasteiger partial charge is 0.484 e. The minimum absolute atomic E-state index is 0.500. The zero-order valence-electron chi connectivity index (χ0n) is 22.6. The number of rotatable bonds is 15. The lowest BCUT2D eigenvalue weighted by Gasteiger charge is -2.16. The van der Waals surface area contributed by atoms with E-state index in [9.17, 15) is 0 Å². The monoisotopic (exact) mass is 532 g/mol. The van der Waals surface area contributed by atoms with Crippen LogP contribution in [-0.4, -0.2) is 49.9 Å². The number of aliphatic hydroxyl groups is 2. The van der Waals surface area contributed by atoms with Crippen LogP contribution in [0.25, 0.3) is 0 Å². The van der Waals surface area contributed by atoms with E-state index in [0.29, 0.717) is 0 Å². The highest BCUT2D eigenvalue weighted by Gasteiger charge is 2.14. The molecule has 0 aliphatic heterocycles. The Bertz CT molecular complexity index is 311. The minimum atomic E-state index is -1.83. The first-order chi connectivity index (χ1) is 15.6. The first kappa shape index (κ1) is 42.6. The van der Waals surface area contributed by atoms with Gasteiger partial charge in [0.2, 0.25) is 0 Å². The molecule has 10 heteroatoms. The van der Waals surface area contributed by atoms with Crippen LogP contribution in [0.2, 0.25) is 0 Å². The van der Waals surface area contributed by atoms with Gasteiger partial charge in [0.1, 0.15) is 0 Å². The van der Waals surface area contributed by atoms with Gasteiger partial charge in [-0.25, -0.2) is 0 Å². The first-order valence-electron chi connectivity index (χ1n) is 12.5. The summed E-state index contributed by atoms with van der Waals surface area (Å²) in [4.78, 5) is 0. The van der Waals surface area contributed by atoms with Gasteiger partial charge in [0.05, 0.1) is 0 Å². The molecule has 0 aliphatic rings. The molecule has 0 amide bonds. The third-order valence-corrected chi connectivity index (χ3v) is 4.74. The van der Waals surface area contributed by atoms with Gasteiger partial charge >= 0.3 is 9.53 Å². The van der Waals surface area contributed by atoms with Gasteiger partial charge in [-0.05, 0) is 43.7 Å². The Morgan fingerprint density at radius 1 is 0.576 bits per heavy atom. The molecule has 0 bridgehead atoms. The Hall–Kier alpha value is -0.523. The zero-order valence-corrected chi connectivity index (χ0v) is 25.4. The summed E-state index contributed by atoms with van der Waals surface area (Å²) >= 11 is 7.74. The van der Waals surface area contributed by atoms with Gasteiger partial charge in [0.15, 0.2) is 0 Å². The molecule has 204 valence electrons. The molecule has 0 unspecified atom stereocenters.